The molecule has 0 saturated heterocycles. The summed E-state index contributed by atoms with van der Waals surface area (Å²) in [6, 6.07) is 15.6. The number of aliphatic hydroxyl groups is 1. The lowest BCUT2D eigenvalue weighted by atomic mass is 10.0. The third-order valence-electron chi connectivity index (χ3n) is 4.56. The number of nitrogens with zero attached hydrogens (tertiary/aromatic N) is 3. The first-order valence-electron chi connectivity index (χ1n) is 8.26. The van der Waals surface area contributed by atoms with Gasteiger partial charge in [-0.15, -0.1) is 5.10 Å². The van der Waals surface area contributed by atoms with E-state index in [-0.39, 0.29) is 5.37 Å². The number of fused-ring (bicyclic) bond motifs is 3. The molecule has 3 aromatic rings. The standard InChI is InChI=1S/C19H16N4O2S/c1-25-13-7-8-15-12(9-13)10-14-17(20-15)26-19-21-16(22-23(19)18(14)24)11-5-3-2-4-6-11/h2-10,17-18,20,24H,1H3/t17-,18-/m1/s1. The molecule has 3 heterocycles. The second-order valence-electron chi connectivity index (χ2n) is 6.14. The summed E-state index contributed by atoms with van der Waals surface area (Å²) < 4.78 is 6.88. The Bertz CT molecular complexity index is 1020. The van der Waals surface area contributed by atoms with Crippen molar-refractivity contribution in [1.82, 2.24) is 14.8 Å². The summed E-state index contributed by atoms with van der Waals surface area (Å²) in [5.74, 6) is 1.40. The molecule has 130 valence electrons. The number of benzene rings is 2. The number of hydrogen-bond acceptors (Lipinski definition) is 6. The van der Waals surface area contributed by atoms with E-state index < -0.39 is 6.23 Å². The number of nitrogens with one attached hydrogen (secondary N) is 1. The number of aromatic nitrogens is 3. The fraction of sp³-hybridized carbons (Fsp3) is 0.158. The van der Waals surface area contributed by atoms with Gasteiger partial charge >= 0.3 is 0 Å². The van der Waals surface area contributed by atoms with Crippen molar-refractivity contribution >= 4 is 23.5 Å². The summed E-state index contributed by atoms with van der Waals surface area (Å²) in [6.07, 6.45) is 1.15. The fourth-order valence-electron chi connectivity index (χ4n) is 3.21. The van der Waals surface area contributed by atoms with E-state index in [0.717, 1.165) is 28.1 Å². The predicted molar refractivity (Wildman–Crippen MR) is 101 cm³/mol. The van der Waals surface area contributed by atoms with Crippen LogP contribution in [0.1, 0.15) is 11.8 Å². The van der Waals surface area contributed by atoms with Crippen molar-refractivity contribution in [2.75, 3.05) is 12.4 Å². The summed E-state index contributed by atoms with van der Waals surface area (Å²) in [6.45, 7) is 0. The third-order valence-corrected chi connectivity index (χ3v) is 5.67. The Morgan fingerprint density at radius 3 is 2.85 bits per heavy atom. The maximum atomic E-state index is 10.9. The molecule has 6 nitrogen and oxygen atoms in total. The molecular formula is C19H16N4O2S. The Morgan fingerprint density at radius 2 is 2.04 bits per heavy atom. The van der Waals surface area contributed by atoms with Gasteiger partial charge in [0, 0.05) is 22.4 Å². The van der Waals surface area contributed by atoms with Gasteiger partial charge in [0.15, 0.2) is 17.2 Å². The quantitative estimate of drug-likeness (QED) is 0.726. The number of ether oxygens (including phenoxy) is 1. The first-order chi connectivity index (χ1) is 12.7. The highest BCUT2D eigenvalue weighted by molar-refractivity contribution is 8.00. The van der Waals surface area contributed by atoms with Crippen LogP contribution in [0.25, 0.3) is 17.5 Å². The predicted octanol–water partition coefficient (Wildman–Crippen LogP) is 3.39. The number of rotatable bonds is 2. The lowest BCUT2D eigenvalue weighted by molar-refractivity contribution is 0.113. The van der Waals surface area contributed by atoms with E-state index in [0.29, 0.717) is 11.0 Å². The van der Waals surface area contributed by atoms with Gasteiger partial charge in [0.1, 0.15) is 11.1 Å². The van der Waals surface area contributed by atoms with Crippen LogP contribution in [0.5, 0.6) is 5.75 Å². The van der Waals surface area contributed by atoms with Gasteiger partial charge in [-0.1, -0.05) is 42.1 Å². The number of methoxy groups -OCH3 is 1. The Hall–Kier alpha value is -2.77. The van der Waals surface area contributed by atoms with Crippen LogP contribution in [0.2, 0.25) is 0 Å². The molecule has 1 aromatic heterocycles. The van der Waals surface area contributed by atoms with Crippen molar-refractivity contribution in [3.05, 3.63) is 59.7 Å². The largest absolute Gasteiger partial charge is 0.497 e. The van der Waals surface area contributed by atoms with E-state index in [1.165, 1.54) is 0 Å². The van der Waals surface area contributed by atoms with Gasteiger partial charge in [0.2, 0.25) is 0 Å². The Labute approximate surface area is 154 Å². The van der Waals surface area contributed by atoms with E-state index in [4.69, 9.17) is 4.74 Å². The Balaban J connectivity index is 1.55. The normalized spacial score (nSPS) is 20.3. The smallest absolute Gasteiger partial charge is 0.191 e. The molecule has 0 bridgehead atoms. The molecule has 0 spiro atoms. The summed E-state index contributed by atoms with van der Waals surface area (Å²) in [4.78, 5) is 4.61. The Morgan fingerprint density at radius 1 is 1.19 bits per heavy atom. The highest BCUT2D eigenvalue weighted by Crippen LogP contribution is 2.44. The van der Waals surface area contributed by atoms with Gasteiger partial charge < -0.3 is 15.2 Å². The summed E-state index contributed by atoms with van der Waals surface area (Å²) in [5, 5.41) is 19.5. The molecule has 2 aliphatic heterocycles. The number of hydrogen-bond donors (Lipinski definition) is 2. The molecule has 2 aromatic carbocycles. The Kier molecular flexibility index (Phi) is 3.51. The topological polar surface area (TPSA) is 72.2 Å². The maximum Gasteiger partial charge on any atom is 0.191 e. The maximum absolute atomic E-state index is 10.9. The van der Waals surface area contributed by atoms with Crippen molar-refractivity contribution in [1.29, 1.82) is 0 Å². The molecule has 0 radical (unpaired) electrons. The molecule has 7 heteroatoms. The van der Waals surface area contributed by atoms with Crippen LogP contribution in [0.4, 0.5) is 5.69 Å². The van der Waals surface area contributed by atoms with Crippen molar-refractivity contribution in [2.24, 2.45) is 0 Å². The van der Waals surface area contributed by atoms with Gasteiger partial charge in [0.25, 0.3) is 0 Å². The summed E-state index contributed by atoms with van der Waals surface area (Å²) in [5.41, 5.74) is 3.78. The van der Waals surface area contributed by atoms with Gasteiger partial charge in [-0.25, -0.2) is 9.67 Å². The highest BCUT2D eigenvalue weighted by Gasteiger charge is 2.36. The van der Waals surface area contributed by atoms with E-state index in [1.807, 2.05) is 54.6 Å². The lowest BCUT2D eigenvalue weighted by Gasteiger charge is -2.33. The highest BCUT2D eigenvalue weighted by atomic mass is 32.2. The molecule has 26 heavy (non-hydrogen) atoms. The lowest BCUT2D eigenvalue weighted by Crippen LogP contribution is -2.32. The van der Waals surface area contributed by atoms with E-state index in [2.05, 4.69) is 15.4 Å². The van der Waals surface area contributed by atoms with Gasteiger partial charge in [-0.2, -0.15) is 0 Å². The van der Waals surface area contributed by atoms with E-state index in [9.17, 15) is 5.11 Å². The minimum Gasteiger partial charge on any atom is -0.497 e. The van der Waals surface area contributed by atoms with Crippen LogP contribution in [-0.4, -0.2) is 32.4 Å². The van der Waals surface area contributed by atoms with Crippen molar-refractivity contribution in [3.63, 3.8) is 0 Å². The second-order valence-corrected chi connectivity index (χ2v) is 7.21. The van der Waals surface area contributed by atoms with Crippen LogP contribution >= 0.6 is 11.8 Å². The minimum atomic E-state index is -0.854. The zero-order chi connectivity index (χ0) is 17.7. The summed E-state index contributed by atoms with van der Waals surface area (Å²) in [7, 11) is 1.64. The van der Waals surface area contributed by atoms with Crippen molar-refractivity contribution in [3.8, 4) is 17.1 Å². The van der Waals surface area contributed by atoms with Crippen LogP contribution in [0.15, 0.2) is 59.3 Å². The van der Waals surface area contributed by atoms with Crippen LogP contribution in [0.3, 0.4) is 0 Å². The van der Waals surface area contributed by atoms with Gasteiger partial charge in [0.05, 0.1) is 7.11 Å². The number of thioether (sulfide) groups is 1. The molecule has 2 aliphatic rings. The van der Waals surface area contributed by atoms with Crippen LogP contribution < -0.4 is 10.1 Å². The molecule has 0 fully saturated rings. The SMILES string of the molecule is COc1ccc2c(c1)C=C1[C@H](N2)Sc2nc(-c3ccccc3)nn2[C@@H]1O. The molecule has 2 N–H and O–H groups in total. The number of aliphatic hydroxyl groups excluding tert-OH is 1. The summed E-state index contributed by atoms with van der Waals surface area (Å²) >= 11 is 1.55. The molecule has 2 atom stereocenters. The van der Waals surface area contributed by atoms with Gasteiger partial charge in [-0.3, -0.25) is 0 Å². The first kappa shape index (κ1) is 15.5. The number of anilines is 1. The van der Waals surface area contributed by atoms with Gasteiger partial charge in [-0.05, 0) is 24.3 Å². The molecule has 0 aliphatic carbocycles. The second kappa shape index (κ2) is 5.89. The average molecular weight is 364 g/mol. The molecule has 5 rings (SSSR count). The molecular weight excluding hydrogens is 348 g/mol. The molecule has 0 unspecified atom stereocenters. The van der Waals surface area contributed by atoms with Crippen LogP contribution in [-0.2, 0) is 0 Å². The zero-order valence-corrected chi connectivity index (χ0v) is 14.8. The first-order valence-corrected chi connectivity index (χ1v) is 9.13. The monoisotopic (exact) mass is 364 g/mol. The van der Waals surface area contributed by atoms with Crippen LogP contribution in [0, 0.1) is 0 Å². The van der Waals surface area contributed by atoms with E-state index >= 15 is 0 Å². The third kappa shape index (κ3) is 2.40. The van der Waals surface area contributed by atoms with E-state index in [1.54, 1.807) is 23.6 Å². The minimum absolute atomic E-state index is 0.0776. The fourth-order valence-corrected chi connectivity index (χ4v) is 4.32. The molecule has 0 amide bonds. The van der Waals surface area contributed by atoms with Crippen molar-refractivity contribution < 1.29 is 9.84 Å². The zero-order valence-electron chi connectivity index (χ0n) is 14.0. The average Bonchev–Trinajstić information content (AvgIpc) is 3.11. The van der Waals surface area contributed by atoms with Crippen molar-refractivity contribution in [2.45, 2.75) is 16.8 Å². The molecule has 0 saturated carbocycles.